The second-order valence-corrected chi connectivity index (χ2v) is 10.7. The van der Waals surface area contributed by atoms with E-state index in [-0.39, 0.29) is 11.9 Å². The summed E-state index contributed by atoms with van der Waals surface area (Å²) in [5.74, 6) is 1.19. The van der Waals surface area contributed by atoms with Crippen LogP contribution in [0.15, 0.2) is 36.4 Å². The molecule has 0 aliphatic carbocycles. The third-order valence-corrected chi connectivity index (χ3v) is 8.42. The molecule has 2 atom stereocenters. The lowest BCUT2D eigenvalue weighted by Crippen LogP contribution is -2.48. The van der Waals surface area contributed by atoms with Crippen LogP contribution < -0.4 is 9.80 Å². The standard InChI is InChI=1S/C27H29FN8O2S/c1-3-19-26(33(2)27-31-25(22(14-29)39-27)17-4-6-18(28)7-5-17)36-23(30-19)8-9-24(32-36)35-15-20(21(37)16-35)34-10-12-38-13-11-34/h4-9,20-21,37H,3,10-13,15-16H2,1-2H3/t20-,21-/m0/s1. The van der Waals surface area contributed by atoms with E-state index in [4.69, 9.17) is 19.8 Å². The van der Waals surface area contributed by atoms with E-state index in [1.54, 1.807) is 12.1 Å². The number of aryl methyl sites for hydroxylation is 1. The second kappa shape index (κ2) is 10.5. The first-order chi connectivity index (χ1) is 19.0. The van der Waals surface area contributed by atoms with Gasteiger partial charge in [0.1, 0.15) is 28.3 Å². The van der Waals surface area contributed by atoms with Crippen LogP contribution in [0, 0.1) is 17.1 Å². The van der Waals surface area contributed by atoms with Crippen LogP contribution in [0.1, 0.15) is 17.5 Å². The van der Waals surface area contributed by atoms with Crippen molar-refractivity contribution in [1.29, 1.82) is 5.26 Å². The molecule has 0 saturated carbocycles. The first kappa shape index (κ1) is 25.6. The fraction of sp³-hybridized carbons (Fsp3) is 0.407. The average Bonchev–Trinajstić information content (AvgIpc) is 3.68. The number of hydrogen-bond donors (Lipinski definition) is 1. The van der Waals surface area contributed by atoms with Crippen molar-refractivity contribution in [3.05, 3.63) is 52.8 Å². The van der Waals surface area contributed by atoms with Crippen LogP contribution in [-0.2, 0) is 11.2 Å². The zero-order valence-corrected chi connectivity index (χ0v) is 22.6. The van der Waals surface area contributed by atoms with Crippen LogP contribution in [0.4, 0.5) is 21.2 Å². The van der Waals surface area contributed by atoms with Gasteiger partial charge in [0, 0.05) is 38.8 Å². The number of halogens is 1. The van der Waals surface area contributed by atoms with E-state index in [1.807, 2.05) is 35.5 Å². The number of ether oxygens (including phenoxy) is 1. The number of morpholine rings is 1. The number of anilines is 3. The molecule has 0 unspecified atom stereocenters. The fourth-order valence-electron chi connectivity index (χ4n) is 5.35. The summed E-state index contributed by atoms with van der Waals surface area (Å²) in [7, 11) is 1.89. The van der Waals surface area contributed by atoms with Gasteiger partial charge in [-0.25, -0.2) is 14.4 Å². The Morgan fingerprint density at radius 3 is 2.64 bits per heavy atom. The molecule has 2 aliphatic heterocycles. The highest BCUT2D eigenvalue weighted by Crippen LogP contribution is 2.37. The maximum absolute atomic E-state index is 13.5. The van der Waals surface area contributed by atoms with Gasteiger partial charge in [-0.3, -0.25) is 4.90 Å². The molecule has 2 saturated heterocycles. The molecule has 0 spiro atoms. The molecule has 2 aliphatic rings. The molecule has 0 radical (unpaired) electrons. The minimum Gasteiger partial charge on any atom is -0.390 e. The monoisotopic (exact) mass is 548 g/mol. The summed E-state index contributed by atoms with van der Waals surface area (Å²) in [6.07, 6.45) is 0.211. The summed E-state index contributed by atoms with van der Waals surface area (Å²) in [4.78, 5) is 16.3. The van der Waals surface area contributed by atoms with Crippen LogP contribution >= 0.6 is 11.3 Å². The lowest BCUT2D eigenvalue weighted by molar-refractivity contribution is -0.00588. The van der Waals surface area contributed by atoms with Crippen molar-refractivity contribution in [2.75, 3.05) is 56.2 Å². The second-order valence-electron chi connectivity index (χ2n) is 9.74. The van der Waals surface area contributed by atoms with Gasteiger partial charge in [-0.15, -0.1) is 5.10 Å². The number of β-amino-alcohol motifs (C(OH)–C–C–N with tert-alkyl or cyclic N) is 1. The number of imidazole rings is 1. The lowest BCUT2D eigenvalue weighted by atomic mass is 10.1. The number of nitrogens with zero attached hydrogens (tertiary/aromatic N) is 8. The minimum absolute atomic E-state index is 0.0344. The Bertz CT molecular complexity index is 1530. The van der Waals surface area contributed by atoms with Crippen molar-refractivity contribution in [3.8, 4) is 17.3 Å². The molecule has 202 valence electrons. The molecule has 39 heavy (non-hydrogen) atoms. The van der Waals surface area contributed by atoms with Gasteiger partial charge in [-0.05, 0) is 42.8 Å². The zero-order chi connectivity index (χ0) is 27.1. The number of aliphatic hydroxyl groups is 1. The molecule has 0 bridgehead atoms. The molecular weight excluding hydrogens is 519 g/mol. The average molecular weight is 549 g/mol. The van der Waals surface area contributed by atoms with E-state index >= 15 is 0 Å². The number of aromatic nitrogens is 4. The van der Waals surface area contributed by atoms with E-state index in [1.165, 1.54) is 23.5 Å². The van der Waals surface area contributed by atoms with Crippen LogP contribution in [0.25, 0.3) is 16.9 Å². The predicted octanol–water partition coefficient (Wildman–Crippen LogP) is 3.08. The third kappa shape index (κ3) is 4.72. The molecule has 12 heteroatoms. The fourth-order valence-corrected chi connectivity index (χ4v) is 6.19. The van der Waals surface area contributed by atoms with Gasteiger partial charge in [0.25, 0.3) is 0 Å². The van der Waals surface area contributed by atoms with Gasteiger partial charge in [0.2, 0.25) is 0 Å². The summed E-state index contributed by atoms with van der Waals surface area (Å²) in [6.45, 7) is 6.22. The van der Waals surface area contributed by atoms with Gasteiger partial charge in [-0.1, -0.05) is 18.3 Å². The van der Waals surface area contributed by atoms with Crippen molar-refractivity contribution in [1.82, 2.24) is 24.5 Å². The summed E-state index contributed by atoms with van der Waals surface area (Å²) in [5, 5.41) is 26.2. The van der Waals surface area contributed by atoms with E-state index in [2.05, 4.69) is 15.9 Å². The number of hydrogen-bond acceptors (Lipinski definition) is 10. The highest BCUT2D eigenvalue weighted by Gasteiger charge is 2.37. The van der Waals surface area contributed by atoms with Crippen molar-refractivity contribution >= 4 is 33.8 Å². The molecule has 10 nitrogen and oxygen atoms in total. The number of nitriles is 1. The number of fused-ring (bicyclic) bond motifs is 1. The van der Waals surface area contributed by atoms with Crippen molar-refractivity contribution < 1.29 is 14.2 Å². The number of benzene rings is 1. The molecule has 3 aromatic heterocycles. The van der Waals surface area contributed by atoms with Crippen LogP contribution in [-0.4, -0.2) is 88.2 Å². The predicted molar refractivity (Wildman–Crippen MR) is 147 cm³/mol. The third-order valence-electron chi connectivity index (χ3n) is 7.38. The lowest BCUT2D eigenvalue weighted by Gasteiger charge is -2.33. The summed E-state index contributed by atoms with van der Waals surface area (Å²) in [5.41, 5.74) is 2.76. The molecule has 1 N–H and O–H groups in total. The Morgan fingerprint density at radius 1 is 1.15 bits per heavy atom. The Hall–Kier alpha value is -3.63. The molecule has 4 aromatic rings. The van der Waals surface area contributed by atoms with Gasteiger partial charge < -0.3 is 19.6 Å². The van der Waals surface area contributed by atoms with Crippen molar-refractivity contribution in [2.24, 2.45) is 0 Å². The molecule has 5 heterocycles. The highest BCUT2D eigenvalue weighted by molar-refractivity contribution is 7.16. The normalized spacial score (nSPS) is 20.0. The Kier molecular flexibility index (Phi) is 6.90. The summed E-state index contributed by atoms with van der Waals surface area (Å²) < 4.78 is 20.8. The molecule has 1 aromatic carbocycles. The first-order valence-electron chi connectivity index (χ1n) is 13.0. The summed E-state index contributed by atoms with van der Waals surface area (Å²) >= 11 is 1.27. The molecule has 0 amide bonds. The maximum atomic E-state index is 13.5. The van der Waals surface area contributed by atoms with E-state index in [0.717, 1.165) is 30.4 Å². The van der Waals surface area contributed by atoms with Gasteiger partial charge >= 0.3 is 0 Å². The van der Waals surface area contributed by atoms with Gasteiger partial charge in [0.05, 0.1) is 31.1 Å². The van der Waals surface area contributed by atoms with Crippen molar-refractivity contribution in [3.63, 3.8) is 0 Å². The Labute approximate surface area is 229 Å². The zero-order valence-electron chi connectivity index (χ0n) is 21.8. The minimum atomic E-state index is -0.471. The number of thiazole rings is 1. The Balaban J connectivity index is 1.34. The molecular formula is C27H29FN8O2S. The number of rotatable bonds is 6. The van der Waals surface area contributed by atoms with E-state index in [0.29, 0.717) is 59.6 Å². The highest BCUT2D eigenvalue weighted by atomic mass is 32.1. The largest absolute Gasteiger partial charge is 0.390 e. The van der Waals surface area contributed by atoms with Gasteiger partial charge in [0.15, 0.2) is 16.6 Å². The van der Waals surface area contributed by atoms with E-state index in [9.17, 15) is 14.8 Å². The van der Waals surface area contributed by atoms with Crippen LogP contribution in [0.2, 0.25) is 0 Å². The van der Waals surface area contributed by atoms with Crippen LogP contribution in [0.5, 0.6) is 0 Å². The Morgan fingerprint density at radius 2 is 1.92 bits per heavy atom. The van der Waals surface area contributed by atoms with E-state index < -0.39 is 6.10 Å². The first-order valence-corrected chi connectivity index (χ1v) is 13.8. The van der Waals surface area contributed by atoms with Crippen molar-refractivity contribution in [2.45, 2.75) is 25.5 Å². The van der Waals surface area contributed by atoms with Gasteiger partial charge in [-0.2, -0.15) is 9.78 Å². The SMILES string of the molecule is CCc1nc2ccc(N3C[C@H](O)[C@@H](N4CCOCC4)C3)nn2c1N(C)c1nc(-c2ccc(F)cc2)c(C#N)s1. The number of aliphatic hydroxyl groups excluding tert-OH is 1. The topological polar surface area (TPSA) is 106 Å². The van der Waals surface area contributed by atoms with Crippen LogP contribution in [0.3, 0.4) is 0 Å². The molecule has 6 rings (SSSR count). The molecule has 2 fully saturated rings. The smallest absolute Gasteiger partial charge is 0.192 e. The maximum Gasteiger partial charge on any atom is 0.192 e. The summed E-state index contributed by atoms with van der Waals surface area (Å²) in [6, 6.07) is 12.1. The quantitative estimate of drug-likeness (QED) is 0.389.